The number of halogens is 1. The van der Waals surface area contributed by atoms with Gasteiger partial charge in [-0.3, -0.25) is 9.59 Å². The van der Waals surface area contributed by atoms with Gasteiger partial charge in [-0.15, -0.1) is 0 Å². The summed E-state index contributed by atoms with van der Waals surface area (Å²) in [7, 11) is 0. The van der Waals surface area contributed by atoms with Crippen molar-refractivity contribution in [2.45, 2.75) is 13.8 Å². The van der Waals surface area contributed by atoms with Gasteiger partial charge in [0, 0.05) is 12.1 Å². The van der Waals surface area contributed by atoms with E-state index in [9.17, 15) is 9.59 Å². The minimum absolute atomic E-state index is 0.220. The number of hydrogen-bond acceptors (Lipinski definition) is 3. The second-order valence-corrected chi connectivity index (χ2v) is 5.01. The Morgan fingerprint density at radius 3 is 2.50 bits per heavy atom. The topological polar surface area (TPSA) is 92.4 Å². The van der Waals surface area contributed by atoms with Gasteiger partial charge in [0.2, 0.25) is 5.91 Å². The van der Waals surface area contributed by atoms with Crippen molar-refractivity contribution in [1.82, 2.24) is 0 Å². The highest BCUT2D eigenvalue weighted by molar-refractivity contribution is 6.33. The highest BCUT2D eigenvalue weighted by Gasteiger charge is 2.26. The van der Waals surface area contributed by atoms with Gasteiger partial charge in [0.1, 0.15) is 0 Å². The van der Waals surface area contributed by atoms with E-state index >= 15 is 0 Å². The SMILES string of the molecule is CC(C)(CNc1ccc(C(N)=O)cc1Cl)C(=O)O. The third-order valence-corrected chi connectivity index (χ3v) is 2.87. The average molecular weight is 271 g/mol. The average Bonchev–Trinajstić information content (AvgIpc) is 2.26. The molecule has 0 heterocycles. The molecule has 0 radical (unpaired) electrons. The molecule has 1 aromatic carbocycles. The normalized spacial score (nSPS) is 11.1. The predicted molar refractivity (Wildman–Crippen MR) is 69.9 cm³/mol. The smallest absolute Gasteiger partial charge is 0.310 e. The highest BCUT2D eigenvalue weighted by atomic mass is 35.5. The lowest BCUT2D eigenvalue weighted by atomic mass is 9.94. The molecule has 0 fully saturated rings. The Morgan fingerprint density at radius 1 is 1.44 bits per heavy atom. The Morgan fingerprint density at radius 2 is 2.06 bits per heavy atom. The van der Waals surface area contributed by atoms with Crippen molar-refractivity contribution in [3.8, 4) is 0 Å². The van der Waals surface area contributed by atoms with Crippen LogP contribution in [-0.4, -0.2) is 23.5 Å². The summed E-state index contributed by atoms with van der Waals surface area (Å²) in [6, 6.07) is 4.57. The number of nitrogens with one attached hydrogen (secondary N) is 1. The predicted octanol–water partition coefficient (Wildman–Crippen LogP) is 1.96. The molecule has 6 heteroatoms. The molecule has 0 aromatic heterocycles. The molecule has 1 aromatic rings. The number of rotatable bonds is 5. The molecular weight excluding hydrogens is 256 g/mol. The van der Waals surface area contributed by atoms with Crippen LogP contribution in [0.2, 0.25) is 5.02 Å². The van der Waals surface area contributed by atoms with E-state index in [1.165, 1.54) is 12.1 Å². The van der Waals surface area contributed by atoms with E-state index in [1.54, 1.807) is 19.9 Å². The van der Waals surface area contributed by atoms with Gasteiger partial charge in [-0.1, -0.05) is 11.6 Å². The van der Waals surface area contributed by atoms with Gasteiger partial charge < -0.3 is 16.2 Å². The van der Waals surface area contributed by atoms with E-state index in [4.69, 9.17) is 22.4 Å². The van der Waals surface area contributed by atoms with Crippen molar-refractivity contribution in [3.63, 3.8) is 0 Å². The number of benzene rings is 1. The number of carbonyl (C=O) groups is 2. The first-order valence-electron chi connectivity index (χ1n) is 5.30. The number of amides is 1. The van der Waals surface area contributed by atoms with E-state index in [2.05, 4.69) is 5.32 Å². The quantitative estimate of drug-likeness (QED) is 0.762. The van der Waals surface area contributed by atoms with Crippen LogP contribution in [0.3, 0.4) is 0 Å². The first-order valence-corrected chi connectivity index (χ1v) is 5.68. The summed E-state index contributed by atoms with van der Waals surface area (Å²) in [5.41, 5.74) is 5.08. The first-order chi connectivity index (χ1) is 8.24. The molecule has 0 atom stereocenters. The molecule has 1 rings (SSSR count). The molecule has 5 nitrogen and oxygen atoms in total. The summed E-state index contributed by atoms with van der Waals surface area (Å²) in [5.74, 6) is -1.46. The monoisotopic (exact) mass is 270 g/mol. The standard InChI is InChI=1S/C12H15ClN2O3/c1-12(2,11(17)18)6-15-9-4-3-7(10(14)16)5-8(9)13/h3-5,15H,6H2,1-2H3,(H2,14,16)(H,17,18). The van der Waals surface area contributed by atoms with Gasteiger partial charge in [-0.2, -0.15) is 0 Å². The molecule has 0 aliphatic carbocycles. The molecule has 18 heavy (non-hydrogen) atoms. The number of anilines is 1. The summed E-state index contributed by atoms with van der Waals surface area (Å²) >= 11 is 5.96. The lowest BCUT2D eigenvalue weighted by Gasteiger charge is -2.20. The van der Waals surface area contributed by atoms with Crippen molar-refractivity contribution in [1.29, 1.82) is 0 Å². The van der Waals surface area contributed by atoms with Crippen molar-refractivity contribution < 1.29 is 14.7 Å². The molecule has 1 amide bonds. The third kappa shape index (κ3) is 3.37. The van der Waals surface area contributed by atoms with Crippen LogP contribution in [0.5, 0.6) is 0 Å². The van der Waals surface area contributed by atoms with Gasteiger partial charge in [0.05, 0.1) is 16.1 Å². The van der Waals surface area contributed by atoms with Gasteiger partial charge in [0.15, 0.2) is 0 Å². The van der Waals surface area contributed by atoms with Crippen LogP contribution < -0.4 is 11.1 Å². The van der Waals surface area contributed by atoms with Crippen LogP contribution in [0.15, 0.2) is 18.2 Å². The maximum atomic E-state index is 10.9. The van der Waals surface area contributed by atoms with Gasteiger partial charge in [0.25, 0.3) is 0 Å². The Balaban J connectivity index is 2.81. The summed E-state index contributed by atoms with van der Waals surface area (Å²) < 4.78 is 0. The van der Waals surface area contributed by atoms with Crippen LogP contribution in [0.1, 0.15) is 24.2 Å². The highest BCUT2D eigenvalue weighted by Crippen LogP contribution is 2.25. The molecular formula is C12H15ClN2O3. The zero-order valence-corrected chi connectivity index (χ0v) is 10.9. The van der Waals surface area contributed by atoms with E-state index in [0.29, 0.717) is 16.3 Å². The lowest BCUT2D eigenvalue weighted by Crippen LogP contribution is -2.31. The van der Waals surface area contributed by atoms with Gasteiger partial charge in [-0.25, -0.2) is 0 Å². The number of aliphatic carboxylic acids is 1. The molecule has 0 aliphatic heterocycles. The summed E-state index contributed by atoms with van der Waals surface area (Å²) in [4.78, 5) is 21.9. The zero-order valence-electron chi connectivity index (χ0n) is 10.2. The third-order valence-electron chi connectivity index (χ3n) is 2.55. The van der Waals surface area contributed by atoms with Crippen LogP contribution in [0.4, 0.5) is 5.69 Å². The van der Waals surface area contributed by atoms with Crippen LogP contribution in [0, 0.1) is 5.41 Å². The Bertz CT molecular complexity index is 486. The van der Waals surface area contributed by atoms with Gasteiger partial charge >= 0.3 is 5.97 Å². The van der Waals surface area contributed by atoms with E-state index < -0.39 is 17.3 Å². The Hall–Kier alpha value is -1.75. The molecule has 0 saturated heterocycles. The molecule has 0 unspecified atom stereocenters. The minimum Gasteiger partial charge on any atom is -0.481 e. The maximum absolute atomic E-state index is 10.9. The van der Waals surface area contributed by atoms with Crippen molar-refractivity contribution >= 4 is 29.2 Å². The fourth-order valence-corrected chi connectivity index (χ4v) is 1.45. The number of primary amides is 1. The van der Waals surface area contributed by atoms with Crippen LogP contribution in [-0.2, 0) is 4.79 Å². The molecule has 0 spiro atoms. The number of hydrogen-bond donors (Lipinski definition) is 3. The summed E-state index contributed by atoms with van der Waals surface area (Å²) in [6.45, 7) is 3.43. The molecule has 98 valence electrons. The minimum atomic E-state index is -0.911. The summed E-state index contributed by atoms with van der Waals surface area (Å²) in [6.07, 6.45) is 0. The second-order valence-electron chi connectivity index (χ2n) is 4.60. The molecule has 0 aliphatic rings. The molecule has 0 saturated carbocycles. The van der Waals surface area contributed by atoms with E-state index in [1.807, 2.05) is 0 Å². The number of carboxylic acid groups (broad SMARTS) is 1. The van der Waals surface area contributed by atoms with Crippen LogP contribution >= 0.6 is 11.6 Å². The van der Waals surface area contributed by atoms with Gasteiger partial charge in [-0.05, 0) is 32.0 Å². The zero-order chi connectivity index (χ0) is 13.9. The Labute approximate surface area is 110 Å². The fraction of sp³-hybridized carbons (Fsp3) is 0.333. The van der Waals surface area contributed by atoms with Crippen LogP contribution in [0.25, 0.3) is 0 Å². The van der Waals surface area contributed by atoms with E-state index in [-0.39, 0.29) is 6.54 Å². The van der Waals surface area contributed by atoms with E-state index in [0.717, 1.165) is 0 Å². The first kappa shape index (κ1) is 14.3. The maximum Gasteiger partial charge on any atom is 0.310 e. The van der Waals surface area contributed by atoms with Crippen molar-refractivity contribution in [3.05, 3.63) is 28.8 Å². The van der Waals surface area contributed by atoms with Crippen molar-refractivity contribution in [2.75, 3.05) is 11.9 Å². The number of carboxylic acids is 1. The fourth-order valence-electron chi connectivity index (χ4n) is 1.20. The number of carbonyl (C=O) groups excluding carboxylic acids is 1. The second kappa shape index (κ2) is 5.27. The number of nitrogens with two attached hydrogens (primary N) is 1. The summed E-state index contributed by atoms with van der Waals surface area (Å²) in [5, 5.41) is 12.2. The Kier molecular flexibility index (Phi) is 4.19. The van der Waals surface area contributed by atoms with Crippen molar-refractivity contribution in [2.24, 2.45) is 11.1 Å². The molecule has 0 bridgehead atoms. The molecule has 4 N–H and O–H groups in total. The lowest BCUT2D eigenvalue weighted by molar-refractivity contribution is -0.146. The largest absolute Gasteiger partial charge is 0.481 e.